The third-order valence-corrected chi connectivity index (χ3v) is 6.32. The molecule has 5 heteroatoms. The Morgan fingerprint density at radius 3 is 2.61 bits per heavy atom. The zero-order chi connectivity index (χ0) is 13.3. The fraction of sp³-hybridized carbons (Fsp3) is 0.231. The Morgan fingerprint density at radius 1 is 1.33 bits per heavy atom. The second kappa shape index (κ2) is 5.95. The molecule has 1 heterocycles. The summed E-state index contributed by atoms with van der Waals surface area (Å²) >= 11 is 15.0. The van der Waals surface area contributed by atoms with E-state index in [1.54, 1.807) is 18.4 Å². The number of halogens is 3. The maximum Gasteiger partial charge on any atom is 0.123 e. The van der Waals surface area contributed by atoms with Gasteiger partial charge in [-0.15, -0.1) is 11.3 Å². The van der Waals surface area contributed by atoms with E-state index in [1.165, 1.54) is 10.4 Å². The first kappa shape index (κ1) is 14.4. The van der Waals surface area contributed by atoms with Crippen LogP contribution in [0.1, 0.15) is 20.8 Å². The molecule has 2 aromatic rings. The van der Waals surface area contributed by atoms with Crippen molar-refractivity contribution in [1.82, 2.24) is 0 Å². The summed E-state index contributed by atoms with van der Waals surface area (Å²) in [7, 11) is 1.67. The third-order valence-electron chi connectivity index (χ3n) is 2.59. The van der Waals surface area contributed by atoms with Crippen molar-refractivity contribution in [3.05, 3.63) is 49.1 Å². The Labute approximate surface area is 132 Å². The molecule has 0 aliphatic heterocycles. The zero-order valence-corrected chi connectivity index (χ0v) is 14.6. The van der Waals surface area contributed by atoms with Crippen LogP contribution in [0, 0.1) is 6.92 Å². The molecule has 2 rings (SSSR count). The number of hydrogen-bond acceptors (Lipinski definition) is 2. The minimum absolute atomic E-state index is 0.0844. The standard InChI is InChI=1S/C13H11Br2ClOS/c1-7-5-11(18-13(7)15)12(14)9-6-8(16)3-4-10(9)17-2/h3-6,12H,1-2H3. The summed E-state index contributed by atoms with van der Waals surface area (Å²) in [5, 5.41) is 0.711. The fourth-order valence-electron chi connectivity index (χ4n) is 1.66. The number of rotatable bonds is 3. The van der Waals surface area contributed by atoms with E-state index in [-0.39, 0.29) is 4.83 Å². The van der Waals surface area contributed by atoms with Crippen molar-refractivity contribution in [2.45, 2.75) is 11.8 Å². The Kier molecular flexibility index (Phi) is 4.75. The molecule has 1 nitrogen and oxygen atoms in total. The van der Waals surface area contributed by atoms with Crippen molar-refractivity contribution in [3.63, 3.8) is 0 Å². The molecule has 96 valence electrons. The Balaban J connectivity index is 2.44. The lowest BCUT2D eigenvalue weighted by atomic mass is 10.1. The predicted octanol–water partition coefficient (Wildman–Crippen LogP) is 5.97. The smallest absolute Gasteiger partial charge is 0.123 e. The van der Waals surface area contributed by atoms with E-state index in [0.29, 0.717) is 5.02 Å². The molecule has 0 bridgehead atoms. The molecule has 0 aliphatic carbocycles. The van der Waals surface area contributed by atoms with Crippen LogP contribution in [0.15, 0.2) is 28.1 Å². The second-order valence-corrected chi connectivity index (χ2v) is 7.61. The van der Waals surface area contributed by atoms with Gasteiger partial charge in [0.1, 0.15) is 5.75 Å². The first-order valence-corrected chi connectivity index (χ1v) is 8.16. The largest absolute Gasteiger partial charge is 0.496 e. The normalized spacial score (nSPS) is 12.5. The van der Waals surface area contributed by atoms with Crippen LogP contribution in [-0.2, 0) is 0 Å². The number of thiophene rings is 1. The van der Waals surface area contributed by atoms with Gasteiger partial charge in [-0.25, -0.2) is 0 Å². The summed E-state index contributed by atoms with van der Waals surface area (Å²) in [5.74, 6) is 0.837. The summed E-state index contributed by atoms with van der Waals surface area (Å²) in [5.41, 5.74) is 2.28. The van der Waals surface area contributed by atoms with Gasteiger partial charge in [-0.05, 0) is 52.7 Å². The quantitative estimate of drug-likeness (QED) is 0.567. The van der Waals surface area contributed by atoms with Crippen molar-refractivity contribution in [2.75, 3.05) is 7.11 Å². The predicted molar refractivity (Wildman–Crippen MR) is 85.5 cm³/mol. The Morgan fingerprint density at radius 2 is 2.06 bits per heavy atom. The zero-order valence-electron chi connectivity index (χ0n) is 9.84. The van der Waals surface area contributed by atoms with Gasteiger partial charge in [-0.1, -0.05) is 27.5 Å². The highest BCUT2D eigenvalue weighted by atomic mass is 79.9. The molecule has 1 atom stereocenters. The summed E-state index contributed by atoms with van der Waals surface area (Å²) in [6.07, 6.45) is 0. The van der Waals surface area contributed by atoms with E-state index in [2.05, 4.69) is 44.8 Å². The summed E-state index contributed by atoms with van der Waals surface area (Å²) < 4.78 is 6.54. The van der Waals surface area contributed by atoms with Gasteiger partial charge in [0, 0.05) is 15.5 Å². The van der Waals surface area contributed by atoms with Crippen LogP contribution < -0.4 is 4.74 Å². The van der Waals surface area contributed by atoms with E-state index in [4.69, 9.17) is 16.3 Å². The molecule has 0 aliphatic rings. The van der Waals surface area contributed by atoms with E-state index in [1.807, 2.05) is 18.2 Å². The maximum atomic E-state index is 6.06. The lowest BCUT2D eigenvalue weighted by molar-refractivity contribution is 0.410. The molecule has 1 aromatic heterocycles. The lowest BCUT2D eigenvalue weighted by Crippen LogP contribution is -1.95. The van der Waals surface area contributed by atoms with Gasteiger partial charge in [-0.2, -0.15) is 0 Å². The van der Waals surface area contributed by atoms with Crippen LogP contribution in [0.25, 0.3) is 0 Å². The third kappa shape index (κ3) is 2.93. The molecule has 0 saturated heterocycles. The molecule has 0 amide bonds. The van der Waals surface area contributed by atoms with Crippen molar-refractivity contribution in [1.29, 1.82) is 0 Å². The highest BCUT2D eigenvalue weighted by Gasteiger charge is 2.18. The number of hydrogen-bond donors (Lipinski definition) is 0. The molecule has 0 radical (unpaired) electrons. The van der Waals surface area contributed by atoms with E-state index in [9.17, 15) is 0 Å². The van der Waals surface area contributed by atoms with Crippen molar-refractivity contribution in [2.24, 2.45) is 0 Å². The van der Waals surface area contributed by atoms with Crippen molar-refractivity contribution >= 4 is 54.8 Å². The van der Waals surface area contributed by atoms with Gasteiger partial charge in [0.05, 0.1) is 15.7 Å². The summed E-state index contributed by atoms with van der Waals surface area (Å²) in [4.78, 5) is 1.31. The summed E-state index contributed by atoms with van der Waals surface area (Å²) in [6, 6.07) is 7.82. The maximum absolute atomic E-state index is 6.06. The first-order chi connectivity index (χ1) is 8.52. The number of ether oxygens (including phenoxy) is 1. The molecular weight excluding hydrogens is 399 g/mol. The lowest BCUT2D eigenvalue weighted by Gasteiger charge is -2.13. The highest BCUT2D eigenvalue weighted by molar-refractivity contribution is 9.11. The minimum Gasteiger partial charge on any atom is -0.496 e. The van der Waals surface area contributed by atoms with E-state index in [0.717, 1.165) is 15.1 Å². The van der Waals surface area contributed by atoms with Crippen LogP contribution in [0.3, 0.4) is 0 Å². The molecule has 1 unspecified atom stereocenters. The monoisotopic (exact) mass is 408 g/mol. The number of methoxy groups -OCH3 is 1. The van der Waals surface area contributed by atoms with Crippen LogP contribution in [0.2, 0.25) is 5.02 Å². The average molecular weight is 411 g/mol. The van der Waals surface area contributed by atoms with Crippen LogP contribution >= 0.6 is 54.8 Å². The van der Waals surface area contributed by atoms with Crippen molar-refractivity contribution in [3.8, 4) is 5.75 Å². The first-order valence-electron chi connectivity index (χ1n) is 5.26. The number of benzene rings is 1. The van der Waals surface area contributed by atoms with Crippen LogP contribution in [0.4, 0.5) is 0 Å². The molecule has 0 spiro atoms. The van der Waals surface area contributed by atoms with E-state index >= 15 is 0 Å². The van der Waals surface area contributed by atoms with E-state index < -0.39 is 0 Å². The molecule has 1 aromatic carbocycles. The Bertz CT molecular complexity index is 549. The van der Waals surface area contributed by atoms with Gasteiger partial charge in [0.2, 0.25) is 0 Å². The minimum atomic E-state index is 0.0844. The molecule has 0 N–H and O–H groups in total. The number of alkyl halides is 1. The molecule has 18 heavy (non-hydrogen) atoms. The SMILES string of the molecule is COc1ccc(Cl)cc1C(Br)c1cc(C)c(Br)s1. The van der Waals surface area contributed by atoms with Crippen molar-refractivity contribution < 1.29 is 4.74 Å². The van der Waals surface area contributed by atoms with Crippen LogP contribution in [-0.4, -0.2) is 7.11 Å². The van der Waals surface area contributed by atoms with Gasteiger partial charge < -0.3 is 4.74 Å². The molecule has 0 saturated carbocycles. The van der Waals surface area contributed by atoms with Gasteiger partial charge in [0.15, 0.2) is 0 Å². The topological polar surface area (TPSA) is 9.23 Å². The Hall–Kier alpha value is -0.0300. The van der Waals surface area contributed by atoms with Gasteiger partial charge in [-0.3, -0.25) is 0 Å². The van der Waals surface area contributed by atoms with Gasteiger partial charge >= 0.3 is 0 Å². The summed E-state index contributed by atoms with van der Waals surface area (Å²) in [6.45, 7) is 2.08. The van der Waals surface area contributed by atoms with Gasteiger partial charge in [0.25, 0.3) is 0 Å². The fourth-order valence-corrected chi connectivity index (χ4v) is 4.18. The number of aryl methyl sites for hydroxylation is 1. The highest BCUT2D eigenvalue weighted by Crippen LogP contribution is 2.42. The molecular formula is C13H11Br2ClOS. The van der Waals surface area contributed by atoms with Crippen LogP contribution in [0.5, 0.6) is 5.75 Å². The second-order valence-electron chi connectivity index (χ2n) is 3.85. The molecule has 0 fully saturated rings. The average Bonchev–Trinajstić information content (AvgIpc) is 2.68.